The molecule has 0 aliphatic carbocycles. The van der Waals surface area contributed by atoms with Crippen molar-refractivity contribution in [2.75, 3.05) is 4.90 Å². The summed E-state index contributed by atoms with van der Waals surface area (Å²) in [5, 5.41) is 6.70. The Hall–Kier alpha value is -11.9. The summed E-state index contributed by atoms with van der Waals surface area (Å²) < 4.78 is 91.2. The van der Waals surface area contributed by atoms with Crippen molar-refractivity contribution in [3.05, 3.63) is 303 Å². The molecule has 20 rings (SSSR count). The molecule has 2 aliphatic heterocycles. The van der Waals surface area contributed by atoms with Crippen LogP contribution in [-0.2, 0) is 5.41 Å². The summed E-state index contributed by atoms with van der Waals surface area (Å²) in [6, 6.07) is 85.2. The number of anilines is 3. The Labute approximate surface area is 554 Å². The third-order valence-electron chi connectivity index (χ3n) is 19.9. The van der Waals surface area contributed by atoms with Crippen LogP contribution in [0.1, 0.15) is 37.3 Å². The van der Waals surface area contributed by atoms with E-state index in [0.29, 0.717) is 17.2 Å². The molecule has 0 N–H and O–H groups in total. The third kappa shape index (κ3) is 7.77. The maximum Gasteiger partial charge on any atom is 0.256 e. The predicted molar refractivity (Wildman–Crippen MR) is 394 cm³/mol. The standard InChI is InChI=1S/C88H58BN3O2/c1-88(2,3)61-38-33-53(34-39-61)59-47-69(54-19-6-4-7-20-54)87(70(48-59)55-21-8-5-9-22-55)92-79-49-58(56-37-44-82-72(46-56)66-26-13-17-32-81(66)93-82)35-41-73(79)89-74-42-40-62(90-75-29-14-10-23-63(75)64-24-11-15-30-76(64)90)52-83(74)94-84-51-60(50-80(92)85(84)89)57-36-43-78-71(45-57)68-28-18-27-67-65-25-12-16-31-77(65)91(78)86(67)68/h4-52H,1-3H3/i10D,11D,14D,15D,23D,24D,29D,30D. The number of furan rings is 1. The fourth-order valence-corrected chi connectivity index (χ4v) is 15.5. The van der Waals surface area contributed by atoms with Crippen molar-refractivity contribution in [1.82, 2.24) is 8.97 Å². The molecule has 4 aromatic heterocycles. The number of hydrogen-bond donors (Lipinski definition) is 0. The topological polar surface area (TPSA) is 35.0 Å². The van der Waals surface area contributed by atoms with Crippen LogP contribution in [-0.4, -0.2) is 15.7 Å². The highest BCUT2D eigenvalue weighted by Gasteiger charge is 2.44. The molecule has 0 fully saturated rings. The number of fused-ring (bicyclic) bond motifs is 16. The van der Waals surface area contributed by atoms with E-state index in [9.17, 15) is 5.48 Å². The number of rotatable bonds is 7. The average Bonchev–Trinajstić information content (AvgIpc) is 1.11. The zero-order valence-corrected chi connectivity index (χ0v) is 51.4. The van der Waals surface area contributed by atoms with E-state index in [1.165, 1.54) is 21.9 Å². The quantitative estimate of drug-likeness (QED) is 0.149. The first kappa shape index (κ1) is 45.4. The van der Waals surface area contributed by atoms with Gasteiger partial charge in [-0.2, -0.15) is 0 Å². The Kier molecular flexibility index (Phi) is 9.58. The van der Waals surface area contributed by atoms with E-state index in [2.05, 4.69) is 242 Å². The molecule has 0 atom stereocenters. The highest BCUT2D eigenvalue weighted by Crippen LogP contribution is 2.53. The second-order valence-electron chi connectivity index (χ2n) is 26.1. The normalized spacial score (nSPS) is 14.1. The van der Waals surface area contributed by atoms with Gasteiger partial charge in [0.25, 0.3) is 6.71 Å². The van der Waals surface area contributed by atoms with Gasteiger partial charge in [-0.25, -0.2) is 0 Å². The van der Waals surface area contributed by atoms with E-state index >= 15 is 0 Å². The van der Waals surface area contributed by atoms with Crippen molar-refractivity contribution in [2.45, 2.75) is 26.2 Å². The molecular weight excluding hydrogens is 1140 g/mol. The SMILES string of the molecule is [2H]c1c([2H])c([2H])c2c(c1[2H])c1c([2H])c([2H])c([2H])c([2H])c1n2-c1ccc2c(c1)Oc1cc(-c3ccc4c(c3)c3cccc5c6ccccc6n4c53)cc3c1B2c1ccc(-c2ccc4oc5ccccc5c4c2)cc1N3c1c(-c2ccccc2)cc(-c2ccc(C(C)(C)C)cc2)cc1-c1ccccc1. The average molecular weight is 1210 g/mol. The van der Waals surface area contributed by atoms with Crippen LogP contribution < -0.4 is 26.0 Å². The smallest absolute Gasteiger partial charge is 0.256 e. The first-order valence-electron chi connectivity index (χ1n) is 36.0. The molecule has 2 aliphatic rings. The van der Waals surface area contributed by atoms with Crippen molar-refractivity contribution in [3.8, 4) is 72.8 Å². The van der Waals surface area contributed by atoms with Crippen molar-refractivity contribution in [1.29, 1.82) is 0 Å². The van der Waals surface area contributed by atoms with Gasteiger partial charge in [0, 0.05) is 77.3 Å². The van der Waals surface area contributed by atoms with Gasteiger partial charge >= 0.3 is 0 Å². The summed E-state index contributed by atoms with van der Waals surface area (Å²) in [5.74, 6) is 1.06. The van der Waals surface area contributed by atoms with Crippen molar-refractivity contribution < 1.29 is 20.1 Å². The second kappa shape index (κ2) is 19.8. The molecule has 0 saturated carbocycles. The van der Waals surface area contributed by atoms with Crippen molar-refractivity contribution in [3.63, 3.8) is 0 Å². The van der Waals surface area contributed by atoms with Gasteiger partial charge < -0.3 is 23.0 Å². The van der Waals surface area contributed by atoms with Crippen LogP contribution in [0.4, 0.5) is 17.1 Å². The van der Waals surface area contributed by atoms with Gasteiger partial charge in [-0.15, -0.1) is 0 Å². The van der Waals surface area contributed by atoms with Gasteiger partial charge in [-0.1, -0.05) is 227 Å². The van der Waals surface area contributed by atoms with E-state index in [0.717, 1.165) is 133 Å². The van der Waals surface area contributed by atoms with Gasteiger partial charge in [0.15, 0.2) is 0 Å². The number of ether oxygens (including phenoxy) is 1. The Bertz CT molecular complexity index is 6560. The lowest BCUT2D eigenvalue weighted by Crippen LogP contribution is -2.59. The first-order chi connectivity index (χ1) is 49.6. The molecule has 5 nitrogen and oxygen atoms in total. The molecule has 0 bridgehead atoms. The molecule has 0 spiro atoms. The van der Waals surface area contributed by atoms with Crippen molar-refractivity contribution >= 4 is 122 Å². The highest BCUT2D eigenvalue weighted by molar-refractivity contribution is 6.99. The zero-order chi connectivity index (χ0) is 69.0. The van der Waals surface area contributed by atoms with Crippen LogP contribution in [0, 0.1) is 0 Å². The Balaban J connectivity index is 0.899. The fourth-order valence-electron chi connectivity index (χ4n) is 15.5. The monoisotopic (exact) mass is 1210 g/mol. The molecule has 18 aromatic rings. The minimum atomic E-state index is -0.503. The largest absolute Gasteiger partial charge is 0.458 e. The van der Waals surface area contributed by atoms with E-state index in [4.69, 9.17) is 14.6 Å². The third-order valence-corrected chi connectivity index (χ3v) is 19.9. The molecule has 0 radical (unpaired) electrons. The van der Waals surface area contributed by atoms with Crippen LogP contribution in [0.25, 0.3) is 143 Å². The molecule has 6 heterocycles. The molecule has 94 heavy (non-hydrogen) atoms. The summed E-state index contributed by atoms with van der Waals surface area (Å²) in [6.07, 6.45) is 0. The summed E-state index contributed by atoms with van der Waals surface area (Å²) in [7, 11) is 0. The van der Waals surface area contributed by atoms with E-state index in [1.807, 2.05) is 36.4 Å². The predicted octanol–water partition coefficient (Wildman–Crippen LogP) is 21.9. The summed E-state index contributed by atoms with van der Waals surface area (Å²) >= 11 is 0. The Morgan fingerprint density at radius 1 is 0.372 bits per heavy atom. The summed E-state index contributed by atoms with van der Waals surface area (Å²) in [5.41, 5.74) is 22.3. The number of aromatic nitrogens is 2. The van der Waals surface area contributed by atoms with Crippen LogP contribution in [0.2, 0.25) is 0 Å². The second-order valence-corrected chi connectivity index (χ2v) is 26.1. The van der Waals surface area contributed by atoms with Gasteiger partial charge in [-0.05, 0) is 157 Å². The lowest BCUT2D eigenvalue weighted by Gasteiger charge is -2.42. The number of para-hydroxylation sites is 5. The minimum Gasteiger partial charge on any atom is -0.458 e. The molecule has 440 valence electrons. The maximum atomic E-state index is 9.49. The van der Waals surface area contributed by atoms with Crippen LogP contribution >= 0.6 is 0 Å². The van der Waals surface area contributed by atoms with Gasteiger partial charge in [0.1, 0.15) is 22.7 Å². The van der Waals surface area contributed by atoms with E-state index in [-0.39, 0.29) is 39.3 Å². The Morgan fingerprint density at radius 3 is 1.68 bits per heavy atom. The summed E-state index contributed by atoms with van der Waals surface area (Å²) in [4.78, 5) is 2.49. The lowest BCUT2D eigenvalue weighted by atomic mass is 9.34. The number of hydrogen-bond acceptors (Lipinski definition) is 3. The summed E-state index contributed by atoms with van der Waals surface area (Å²) in [6.45, 7) is 6.26. The van der Waals surface area contributed by atoms with Crippen LogP contribution in [0.15, 0.2) is 301 Å². The molecule has 0 amide bonds. The van der Waals surface area contributed by atoms with E-state index < -0.39 is 43.0 Å². The van der Waals surface area contributed by atoms with Crippen LogP contribution in [0.5, 0.6) is 11.5 Å². The lowest BCUT2D eigenvalue weighted by molar-refractivity contribution is 0.487. The molecule has 0 saturated heterocycles. The molecular formula is C88H58BN3O2. The van der Waals surface area contributed by atoms with E-state index in [1.54, 1.807) is 4.57 Å². The highest BCUT2D eigenvalue weighted by atomic mass is 16.5. The first-order valence-corrected chi connectivity index (χ1v) is 32.0. The number of benzene rings is 14. The fraction of sp³-hybridized carbons (Fsp3) is 0.0455. The maximum absolute atomic E-state index is 9.49. The van der Waals surface area contributed by atoms with Gasteiger partial charge in [-0.3, -0.25) is 0 Å². The molecule has 6 heteroatoms. The molecule has 14 aromatic carbocycles. The number of nitrogens with zero attached hydrogens (tertiary/aromatic N) is 3. The van der Waals surface area contributed by atoms with Gasteiger partial charge in [0.05, 0.1) is 44.2 Å². The molecule has 0 unspecified atom stereocenters. The minimum absolute atomic E-state index is 0.00112. The Morgan fingerprint density at radius 2 is 0.936 bits per heavy atom. The van der Waals surface area contributed by atoms with Crippen molar-refractivity contribution in [2.24, 2.45) is 0 Å². The van der Waals surface area contributed by atoms with Gasteiger partial charge in [0.2, 0.25) is 0 Å². The zero-order valence-electron chi connectivity index (χ0n) is 59.4. The van der Waals surface area contributed by atoms with Crippen LogP contribution in [0.3, 0.4) is 0 Å².